The van der Waals surface area contributed by atoms with Gasteiger partial charge in [-0.1, -0.05) is 6.92 Å². The maximum absolute atomic E-state index is 12.8. The van der Waals surface area contributed by atoms with Crippen LogP contribution in [0.2, 0.25) is 0 Å². The summed E-state index contributed by atoms with van der Waals surface area (Å²) in [4.78, 5) is 14.7. The summed E-state index contributed by atoms with van der Waals surface area (Å²) in [6.07, 6.45) is 5.34. The van der Waals surface area contributed by atoms with Crippen LogP contribution in [-0.4, -0.2) is 58.8 Å². The van der Waals surface area contributed by atoms with E-state index in [1.165, 1.54) is 18.5 Å². The molecule has 7 nitrogen and oxygen atoms in total. The quantitative estimate of drug-likeness (QED) is 0.673. The van der Waals surface area contributed by atoms with E-state index in [0.29, 0.717) is 17.2 Å². The molecule has 0 aliphatic carbocycles. The highest BCUT2D eigenvalue weighted by molar-refractivity contribution is 7.92. The van der Waals surface area contributed by atoms with E-state index in [-0.39, 0.29) is 24.9 Å². The monoisotopic (exact) mass is 398 g/mol. The number of carbonyl (C=O) groups is 1. The molecular formula is C19H30N2O5S. The van der Waals surface area contributed by atoms with Crippen LogP contribution in [0.15, 0.2) is 18.2 Å². The minimum atomic E-state index is -3.59. The molecular weight excluding hydrogens is 368 g/mol. The number of amides is 1. The molecule has 1 aliphatic heterocycles. The van der Waals surface area contributed by atoms with E-state index in [1.807, 2.05) is 4.90 Å². The lowest BCUT2D eigenvalue weighted by Gasteiger charge is -2.36. The lowest BCUT2D eigenvalue weighted by Crippen LogP contribution is -2.44. The van der Waals surface area contributed by atoms with Gasteiger partial charge in [0.25, 0.3) is 0 Å². The molecule has 27 heavy (non-hydrogen) atoms. The van der Waals surface area contributed by atoms with E-state index in [1.54, 1.807) is 18.2 Å². The number of likely N-dealkylation sites (tertiary alicyclic amines) is 1. The number of carbonyl (C=O) groups excluding carboxylic acids is 1. The van der Waals surface area contributed by atoms with Crippen molar-refractivity contribution in [3.63, 3.8) is 0 Å². The van der Waals surface area contributed by atoms with Crippen molar-refractivity contribution in [2.24, 2.45) is 0 Å². The zero-order chi connectivity index (χ0) is 20.0. The molecule has 1 atom stereocenters. The molecule has 1 aromatic carbocycles. The topological polar surface area (TPSA) is 76.2 Å². The SMILES string of the molecule is CCC1CCCCN1C(=O)CCN(c1cc(OC)ccc1OC)S(C)(=O)=O. The zero-order valence-electron chi connectivity index (χ0n) is 16.6. The van der Waals surface area contributed by atoms with Gasteiger partial charge >= 0.3 is 0 Å². The Morgan fingerprint density at radius 2 is 2.00 bits per heavy atom. The first-order valence-corrected chi connectivity index (χ1v) is 11.2. The molecule has 1 aliphatic rings. The molecule has 152 valence electrons. The van der Waals surface area contributed by atoms with Crippen LogP contribution in [0, 0.1) is 0 Å². The molecule has 1 unspecified atom stereocenters. The van der Waals surface area contributed by atoms with E-state index in [4.69, 9.17) is 9.47 Å². The van der Waals surface area contributed by atoms with Crippen molar-refractivity contribution in [2.45, 2.75) is 45.1 Å². The van der Waals surface area contributed by atoms with Crippen molar-refractivity contribution in [1.82, 2.24) is 4.90 Å². The highest BCUT2D eigenvalue weighted by Gasteiger charge is 2.28. The summed E-state index contributed by atoms with van der Waals surface area (Å²) < 4.78 is 36.6. The van der Waals surface area contributed by atoms with Gasteiger partial charge in [0.2, 0.25) is 15.9 Å². The second kappa shape index (κ2) is 9.30. The van der Waals surface area contributed by atoms with Gasteiger partial charge < -0.3 is 14.4 Å². The molecule has 0 radical (unpaired) electrons. The summed E-state index contributed by atoms with van der Waals surface area (Å²) in [6.45, 7) is 2.90. The summed E-state index contributed by atoms with van der Waals surface area (Å²) in [6, 6.07) is 5.23. The lowest BCUT2D eigenvalue weighted by molar-refractivity contribution is -0.134. The average Bonchev–Trinajstić information content (AvgIpc) is 2.66. The molecule has 0 spiro atoms. The van der Waals surface area contributed by atoms with Crippen molar-refractivity contribution in [1.29, 1.82) is 0 Å². The van der Waals surface area contributed by atoms with Gasteiger partial charge in [0.05, 0.1) is 26.2 Å². The predicted molar refractivity (Wildman–Crippen MR) is 106 cm³/mol. The fraction of sp³-hybridized carbons (Fsp3) is 0.632. The van der Waals surface area contributed by atoms with Crippen LogP contribution in [-0.2, 0) is 14.8 Å². The van der Waals surface area contributed by atoms with Gasteiger partial charge in [-0.05, 0) is 37.8 Å². The van der Waals surface area contributed by atoms with E-state index in [0.717, 1.165) is 38.5 Å². The van der Waals surface area contributed by atoms with Crippen LogP contribution in [0.25, 0.3) is 0 Å². The van der Waals surface area contributed by atoms with Crippen molar-refractivity contribution in [3.8, 4) is 11.5 Å². The van der Waals surface area contributed by atoms with Gasteiger partial charge in [-0.25, -0.2) is 8.42 Å². The third-order valence-corrected chi connectivity index (χ3v) is 6.18. The van der Waals surface area contributed by atoms with Crippen molar-refractivity contribution in [3.05, 3.63) is 18.2 Å². The van der Waals surface area contributed by atoms with Crippen molar-refractivity contribution < 1.29 is 22.7 Å². The number of piperidine rings is 1. The highest BCUT2D eigenvalue weighted by Crippen LogP contribution is 2.34. The van der Waals surface area contributed by atoms with Gasteiger partial charge in [0.15, 0.2) is 0 Å². The third-order valence-electron chi connectivity index (χ3n) is 5.00. The van der Waals surface area contributed by atoms with E-state index in [9.17, 15) is 13.2 Å². The molecule has 8 heteroatoms. The standard InChI is InChI=1S/C19H30N2O5S/c1-5-15-8-6-7-12-20(15)19(22)11-13-21(27(4,23)24)17-14-16(25-2)9-10-18(17)26-3/h9-10,14-15H,5-8,11-13H2,1-4H3. The third kappa shape index (κ3) is 5.28. The summed E-state index contributed by atoms with van der Waals surface area (Å²) in [5.41, 5.74) is 0.373. The Labute approximate surface area is 162 Å². The first-order valence-electron chi connectivity index (χ1n) is 9.31. The summed E-state index contributed by atoms with van der Waals surface area (Å²) in [5.74, 6) is 0.933. The summed E-state index contributed by atoms with van der Waals surface area (Å²) >= 11 is 0. The second-order valence-electron chi connectivity index (χ2n) is 6.77. The number of ether oxygens (including phenoxy) is 2. The van der Waals surface area contributed by atoms with Crippen LogP contribution < -0.4 is 13.8 Å². The van der Waals surface area contributed by atoms with Crippen LogP contribution in [0.3, 0.4) is 0 Å². The van der Waals surface area contributed by atoms with Crippen molar-refractivity contribution >= 4 is 21.6 Å². The Kier molecular flexibility index (Phi) is 7.35. The largest absolute Gasteiger partial charge is 0.497 e. The number of anilines is 1. The van der Waals surface area contributed by atoms with E-state index in [2.05, 4.69) is 6.92 Å². The first kappa shape index (κ1) is 21.3. The maximum atomic E-state index is 12.8. The maximum Gasteiger partial charge on any atom is 0.232 e. The number of benzene rings is 1. The first-order chi connectivity index (χ1) is 12.8. The molecule has 0 N–H and O–H groups in total. The normalized spacial score (nSPS) is 17.5. The Morgan fingerprint density at radius 3 is 2.59 bits per heavy atom. The van der Waals surface area contributed by atoms with Crippen LogP contribution in [0.5, 0.6) is 11.5 Å². The number of hydrogen-bond donors (Lipinski definition) is 0. The zero-order valence-corrected chi connectivity index (χ0v) is 17.4. The minimum Gasteiger partial charge on any atom is -0.497 e. The van der Waals surface area contributed by atoms with Crippen LogP contribution in [0.4, 0.5) is 5.69 Å². The summed E-state index contributed by atoms with van der Waals surface area (Å²) in [5, 5.41) is 0. The Hall–Kier alpha value is -1.96. The van der Waals surface area contributed by atoms with Gasteiger partial charge in [0, 0.05) is 31.6 Å². The van der Waals surface area contributed by atoms with Crippen molar-refractivity contribution in [2.75, 3.05) is 37.9 Å². The average molecular weight is 399 g/mol. The van der Waals surface area contributed by atoms with E-state index < -0.39 is 10.0 Å². The fourth-order valence-corrected chi connectivity index (χ4v) is 4.47. The molecule has 1 aromatic rings. The molecule has 0 saturated carbocycles. The molecule has 1 heterocycles. The molecule has 0 aromatic heterocycles. The minimum absolute atomic E-state index is 0.00272. The predicted octanol–water partition coefficient (Wildman–Crippen LogP) is 2.65. The Bertz CT molecular complexity index is 750. The molecule has 2 rings (SSSR count). The number of hydrogen-bond acceptors (Lipinski definition) is 5. The Morgan fingerprint density at radius 1 is 1.26 bits per heavy atom. The van der Waals surface area contributed by atoms with Gasteiger partial charge in [-0.3, -0.25) is 9.10 Å². The van der Waals surface area contributed by atoms with E-state index >= 15 is 0 Å². The smallest absolute Gasteiger partial charge is 0.232 e. The fourth-order valence-electron chi connectivity index (χ4n) is 3.55. The number of rotatable bonds is 8. The Balaban J connectivity index is 2.22. The molecule has 1 saturated heterocycles. The van der Waals surface area contributed by atoms with Gasteiger partial charge in [-0.15, -0.1) is 0 Å². The number of nitrogens with zero attached hydrogens (tertiary/aromatic N) is 2. The highest BCUT2D eigenvalue weighted by atomic mass is 32.2. The number of sulfonamides is 1. The van der Waals surface area contributed by atoms with Crippen LogP contribution in [0.1, 0.15) is 39.0 Å². The van der Waals surface area contributed by atoms with Gasteiger partial charge in [-0.2, -0.15) is 0 Å². The second-order valence-corrected chi connectivity index (χ2v) is 8.67. The molecule has 1 amide bonds. The molecule has 1 fully saturated rings. The van der Waals surface area contributed by atoms with Gasteiger partial charge in [0.1, 0.15) is 11.5 Å². The lowest BCUT2D eigenvalue weighted by atomic mass is 9.99. The summed E-state index contributed by atoms with van der Waals surface area (Å²) in [7, 11) is -0.596. The van der Waals surface area contributed by atoms with Crippen LogP contribution >= 0.6 is 0 Å². The molecule has 0 bridgehead atoms. The number of methoxy groups -OCH3 is 2.